The van der Waals surface area contributed by atoms with Gasteiger partial charge in [-0.25, -0.2) is 9.59 Å². The van der Waals surface area contributed by atoms with Gasteiger partial charge >= 0.3 is 18.2 Å². The summed E-state index contributed by atoms with van der Waals surface area (Å²) >= 11 is 0. The van der Waals surface area contributed by atoms with Gasteiger partial charge in [0, 0.05) is 6.04 Å². The Hall–Kier alpha value is -2.03. The zero-order chi connectivity index (χ0) is 23.4. The Kier molecular flexibility index (Phi) is 7.84. The van der Waals surface area contributed by atoms with Crippen LogP contribution in [0.3, 0.4) is 0 Å². The Morgan fingerprint density at radius 1 is 0.871 bits per heavy atom. The molecule has 0 spiro atoms. The van der Waals surface area contributed by atoms with Crippen LogP contribution in [0.1, 0.15) is 80.6 Å². The van der Waals surface area contributed by atoms with Crippen molar-refractivity contribution in [3.05, 3.63) is 0 Å². The second kappa shape index (κ2) is 9.63. The molecular weight excluding hydrogens is 402 g/mol. The Labute approximate surface area is 185 Å². The summed E-state index contributed by atoms with van der Waals surface area (Å²) in [7, 11) is 0. The zero-order valence-corrected chi connectivity index (χ0v) is 19.9. The lowest BCUT2D eigenvalue weighted by Crippen LogP contribution is -2.59. The molecule has 0 bridgehead atoms. The van der Waals surface area contributed by atoms with Crippen LogP contribution in [-0.4, -0.2) is 59.6 Å². The number of carbonyl (C=O) groups excluding carboxylic acids is 3. The monoisotopic (exact) mass is 441 g/mol. The summed E-state index contributed by atoms with van der Waals surface area (Å²) in [6.07, 6.45) is 2.33. The SMILES string of the molecule is CCOC(=O)C1(NC2CC[C@H](NC(=O)OC(C)(C)C)[C@H](NC(=O)OC(C)(C)C)C2)CC1. The molecule has 2 saturated carbocycles. The topological polar surface area (TPSA) is 115 Å². The Morgan fingerprint density at radius 3 is 1.84 bits per heavy atom. The minimum absolute atomic E-state index is 0.00327. The van der Waals surface area contributed by atoms with E-state index in [0.717, 1.165) is 19.3 Å². The first-order valence-electron chi connectivity index (χ1n) is 11.2. The van der Waals surface area contributed by atoms with E-state index in [1.165, 1.54) is 0 Å². The maximum Gasteiger partial charge on any atom is 0.407 e. The molecule has 2 fully saturated rings. The van der Waals surface area contributed by atoms with Gasteiger partial charge in [0.25, 0.3) is 0 Å². The van der Waals surface area contributed by atoms with Crippen molar-refractivity contribution in [2.24, 2.45) is 0 Å². The molecule has 1 unspecified atom stereocenters. The van der Waals surface area contributed by atoms with Crippen molar-refractivity contribution in [3.63, 3.8) is 0 Å². The van der Waals surface area contributed by atoms with Gasteiger partial charge in [-0.15, -0.1) is 0 Å². The molecule has 0 radical (unpaired) electrons. The highest BCUT2D eigenvalue weighted by Gasteiger charge is 2.53. The molecule has 3 N–H and O–H groups in total. The molecule has 2 aliphatic rings. The first kappa shape index (κ1) is 25.2. The number of alkyl carbamates (subject to hydrolysis) is 2. The largest absolute Gasteiger partial charge is 0.465 e. The molecular formula is C22H39N3O6. The fourth-order valence-electron chi connectivity index (χ4n) is 3.74. The molecule has 0 aliphatic heterocycles. The average molecular weight is 442 g/mol. The van der Waals surface area contributed by atoms with Crippen molar-refractivity contribution >= 4 is 18.2 Å². The Morgan fingerprint density at radius 2 is 1.39 bits per heavy atom. The highest BCUT2D eigenvalue weighted by atomic mass is 16.6. The standard InChI is InChI=1S/C22H39N3O6/c1-8-29-17(26)22(11-12-22)25-14-9-10-15(23-18(27)30-20(2,3)4)16(13-14)24-19(28)31-21(5,6)7/h14-16,25H,8-13H2,1-7H3,(H,23,27)(H,24,28)/t14?,15-,16+/m0/s1. The Bertz CT molecular complexity index is 663. The van der Waals surface area contributed by atoms with Crippen LogP contribution in [0.15, 0.2) is 0 Å². The van der Waals surface area contributed by atoms with Gasteiger partial charge in [-0.05, 0) is 80.6 Å². The molecule has 2 amide bonds. The third-order valence-electron chi connectivity index (χ3n) is 5.15. The molecule has 3 atom stereocenters. The van der Waals surface area contributed by atoms with E-state index >= 15 is 0 Å². The molecule has 0 aromatic heterocycles. The van der Waals surface area contributed by atoms with Gasteiger partial charge in [0.1, 0.15) is 16.7 Å². The fraction of sp³-hybridized carbons (Fsp3) is 0.864. The first-order chi connectivity index (χ1) is 14.2. The van der Waals surface area contributed by atoms with Crippen LogP contribution in [0.2, 0.25) is 0 Å². The maximum absolute atomic E-state index is 12.4. The molecule has 2 aliphatic carbocycles. The number of ether oxygens (including phenoxy) is 3. The van der Waals surface area contributed by atoms with E-state index in [1.807, 2.05) is 0 Å². The summed E-state index contributed by atoms with van der Waals surface area (Å²) in [5.41, 5.74) is -1.87. The molecule has 31 heavy (non-hydrogen) atoms. The quantitative estimate of drug-likeness (QED) is 0.429. The minimum Gasteiger partial charge on any atom is -0.465 e. The first-order valence-corrected chi connectivity index (χ1v) is 11.2. The van der Waals surface area contributed by atoms with Gasteiger partial charge in [-0.3, -0.25) is 10.1 Å². The predicted molar refractivity (Wildman–Crippen MR) is 116 cm³/mol. The van der Waals surface area contributed by atoms with E-state index in [-0.39, 0.29) is 24.1 Å². The van der Waals surface area contributed by atoms with E-state index in [0.29, 0.717) is 19.4 Å². The maximum atomic E-state index is 12.4. The molecule has 9 heteroatoms. The van der Waals surface area contributed by atoms with Gasteiger partial charge < -0.3 is 24.8 Å². The van der Waals surface area contributed by atoms with Crippen LogP contribution in [0.5, 0.6) is 0 Å². The molecule has 0 saturated heterocycles. The van der Waals surface area contributed by atoms with E-state index in [1.54, 1.807) is 48.5 Å². The van der Waals surface area contributed by atoms with Crippen molar-refractivity contribution in [1.82, 2.24) is 16.0 Å². The number of nitrogens with one attached hydrogen (secondary N) is 3. The van der Waals surface area contributed by atoms with Crippen molar-refractivity contribution < 1.29 is 28.6 Å². The second-order valence-electron chi connectivity index (χ2n) is 10.5. The second-order valence-corrected chi connectivity index (χ2v) is 10.5. The molecule has 0 aromatic rings. The summed E-state index contributed by atoms with van der Waals surface area (Å²) in [6.45, 7) is 12.9. The molecule has 178 valence electrons. The van der Waals surface area contributed by atoms with Crippen LogP contribution >= 0.6 is 0 Å². The van der Waals surface area contributed by atoms with Crippen LogP contribution < -0.4 is 16.0 Å². The molecule has 0 heterocycles. The van der Waals surface area contributed by atoms with Crippen LogP contribution in [-0.2, 0) is 19.0 Å². The van der Waals surface area contributed by atoms with Crippen LogP contribution in [0.4, 0.5) is 9.59 Å². The van der Waals surface area contributed by atoms with E-state index in [4.69, 9.17) is 14.2 Å². The van der Waals surface area contributed by atoms with Crippen molar-refractivity contribution in [2.75, 3.05) is 6.61 Å². The van der Waals surface area contributed by atoms with Crippen LogP contribution in [0, 0.1) is 0 Å². The normalized spacial score (nSPS) is 25.2. The van der Waals surface area contributed by atoms with Gasteiger partial charge in [0.15, 0.2) is 0 Å². The number of esters is 1. The Balaban J connectivity index is 2.05. The van der Waals surface area contributed by atoms with Crippen molar-refractivity contribution in [1.29, 1.82) is 0 Å². The lowest BCUT2D eigenvalue weighted by atomic mass is 9.86. The minimum atomic E-state index is -0.632. The van der Waals surface area contributed by atoms with E-state index in [2.05, 4.69) is 16.0 Å². The van der Waals surface area contributed by atoms with Gasteiger partial charge in [0.05, 0.1) is 18.7 Å². The highest BCUT2D eigenvalue weighted by molar-refractivity contribution is 5.84. The summed E-state index contributed by atoms with van der Waals surface area (Å²) < 4.78 is 16.0. The summed E-state index contributed by atoms with van der Waals surface area (Å²) in [5.74, 6) is -0.222. The zero-order valence-electron chi connectivity index (χ0n) is 19.9. The predicted octanol–water partition coefficient (Wildman–Crippen LogP) is 3.01. The number of hydrogen-bond acceptors (Lipinski definition) is 7. The molecule has 2 rings (SSSR count). The third kappa shape index (κ3) is 8.20. The number of amides is 2. The van der Waals surface area contributed by atoms with Crippen LogP contribution in [0.25, 0.3) is 0 Å². The summed E-state index contributed by atoms with van der Waals surface area (Å²) in [6, 6.07) is -0.673. The number of carbonyl (C=O) groups is 3. The van der Waals surface area contributed by atoms with Gasteiger partial charge in [-0.1, -0.05) is 0 Å². The summed E-state index contributed by atoms with van der Waals surface area (Å²) in [5, 5.41) is 9.23. The lowest BCUT2D eigenvalue weighted by molar-refractivity contribution is -0.147. The lowest BCUT2D eigenvalue weighted by Gasteiger charge is -2.38. The van der Waals surface area contributed by atoms with Gasteiger partial charge in [0.2, 0.25) is 0 Å². The van der Waals surface area contributed by atoms with Gasteiger partial charge in [-0.2, -0.15) is 0 Å². The number of hydrogen-bond donors (Lipinski definition) is 3. The van der Waals surface area contributed by atoms with Crippen molar-refractivity contribution in [3.8, 4) is 0 Å². The molecule has 0 aromatic carbocycles. The summed E-state index contributed by atoms with van der Waals surface area (Å²) in [4.78, 5) is 37.0. The van der Waals surface area contributed by atoms with Crippen molar-refractivity contribution in [2.45, 2.75) is 115 Å². The van der Waals surface area contributed by atoms with E-state index < -0.39 is 28.9 Å². The average Bonchev–Trinajstić information content (AvgIpc) is 3.35. The third-order valence-corrected chi connectivity index (χ3v) is 5.15. The highest BCUT2D eigenvalue weighted by Crippen LogP contribution is 2.38. The number of rotatable bonds is 6. The fourth-order valence-corrected chi connectivity index (χ4v) is 3.74. The smallest absolute Gasteiger partial charge is 0.407 e. The van der Waals surface area contributed by atoms with E-state index in [9.17, 15) is 14.4 Å². The molecule has 9 nitrogen and oxygen atoms in total.